The molecule has 0 saturated carbocycles. The number of carbonyl (C=O) groups excluding carboxylic acids is 1. The van der Waals surface area contributed by atoms with Gasteiger partial charge in [-0.05, 0) is 30.6 Å². The summed E-state index contributed by atoms with van der Waals surface area (Å²) in [6.45, 7) is 0. The van der Waals surface area contributed by atoms with Crippen LogP contribution < -0.4 is 10.9 Å². The fourth-order valence-corrected chi connectivity index (χ4v) is 3.67. The van der Waals surface area contributed by atoms with Gasteiger partial charge in [-0.2, -0.15) is 0 Å². The Kier molecular flexibility index (Phi) is 3.27. The molecule has 0 spiro atoms. The highest BCUT2D eigenvalue weighted by atomic mass is 32.1. The Labute approximate surface area is 137 Å². The van der Waals surface area contributed by atoms with Gasteiger partial charge >= 0.3 is 0 Å². The van der Waals surface area contributed by atoms with Crippen LogP contribution in [0.25, 0.3) is 0 Å². The molecule has 23 heavy (non-hydrogen) atoms. The first kappa shape index (κ1) is 14.1. The van der Waals surface area contributed by atoms with E-state index in [-0.39, 0.29) is 22.0 Å². The Balaban J connectivity index is 2.03. The Hall–Kier alpha value is -2.47. The molecule has 0 radical (unpaired) electrons. The molecule has 0 bridgehead atoms. The fourth-order valence-electron chi connectivity index (χ4n) is 3.47. The molecule has 0 fully saturated rings. The standard InChI is InChI=1S/C17H15N3O2S/c21-11-8-4-7-10-13(11)12(9-5-2-1-3-6-9)14-15(18-10)19-17(23)20-16(14)22/h1-3,5-6,12H,4,7-8H2,(H3,18,19,20,22,23). The molecule has 2 heterocycles. The van der Waals surface area contributed by atoms with Crippen molar-refractivity contribution in [1.29, 1.82) is 0 Å². The summed E-state index contributed by atoms with van der Waals surface area (Å²) >= 11 is 5.08. The van der Waals surface area contributed by atoms with Crippen molar-refractivity contribution in [3.63, 3.8) is 0 Å². The van der Waals surface area contributed by atoms with E-state index in [4.69, 9.17) is 12.2 Å². The average molecular weight is 325 g/mol. The number of H-pyrrole nitrogens is 2. The number of Topliss-reactive ketones (excluding diaryl/α,β-unsaturated/α-hetero) is 1. The lowest BCUT2D eigenvalue weighted by Crippen LogP contribution is -2.32. The van der Waals surface area contributed by atoms with Crippen LogP contribution in [0.15, 0.2) is 46.4 Å². The monoisotopic (exact) mass is 325 g/mol. The maximum absolute atomic E-state index is 12.6. The molecule has 4 rings (SSSR count). The molecular weight excluding hydrogens is 310 g/mol. The Morgan fingerprint density at radius 1 is 1.04 bits per heavy atom. The van der Waals surface area contributed by atoms with E-state index in [1.54, 1.807) is 0 Å². The number of anilines is 1. The van der Waals surface area contributed by atoms with Crippen molar-refractivity contribution in [2.75, 3.05) is 5.32 Å². The largest absolute Gasteiger partial charge is 0.344 e. The van der Waals surface area contributed by atoms with Gasteiger partial charge in [0.15, 0.2) is 10.6 Å². The second-order valence-corrected chi connectivity index (χ2v) is 6.24. The maximum Gasteiger partial charge on any atom is 0.257 e. The van der Waals surface area contributed by atoms with Crippen molar-refractivity contribution in [3.05, 3.63) is 67.9 Å². The van der Waals surface area contributed by atoms with Crippen molar-refractivity contribution in [2.45, 2.75) is 25.2 Å². The molecule has 2 aromatic rings. The minimum Gasteiger partial charge on any atom is -0.344 e. The molecule has 116 valence electrons. The smallest absolute Gasteiger partial charge is 0.257 e. The van der Waals surface area contributed by atoms with Crippen LogP contribution in [0.3, 0.4) is 0 Å². The number of hydrogen-bond donors (Lipinski definition) is 3. The third kappa shape index (κ3) is 2.26. The molecule has 3 N–H and O–H groups in total. The Morgan fingerprint density at radius 2 is 1.83 bits per heavy atom. The molecule has 2 aliphatic rings. The Morgan fingerprint density at radius 3 is 2.61 bits per heavy atom. The van der Waals surface area contributed by atoms with Gasteiger partial charge in [-0.25, -0.2) is 0 Å². The van der Waals surface area contributed by atoms with Crippen LogP contribution >= 0.6 is 12.2 Å². The summed E-state index contributed by atoms with van der Waals surface area (Å²) in [4.78, 5) is 30.7. The molecule has 1 atom stereocenters. The van der Waals surface area contributed by atoms with E-state index in [1.807, 2.05) is 30.3 Å². The van der Waals surface area contributed by atoms with Crippen LogP contribution in [0.2, 0.25) is 0 Å². The van der Waals surface area contributed by atoms with Gasteiger partial charge < -0.3 is 10.3 Å². The lowest BCUT2D eigenvalue weighted by molar-refractivity contribution is -0.116. The number of hydrogen-bond acceptors (Lipinski definition) is 4. The van der Waals surface area contributed by atoms with E-state index in [2.05, 4.69) is 15.3 Å². The summed E-state index contributed by atoms with van der Waals surface area (Å²) in [5, 5.41) is 3.23. The normalized spacial score (nSPS) is 19.8. The summed E-state index contributed by atoms with van der Waals surface area (Å²) in [5.41, 5.74) is 2.83. The highest BCUT2D eigenvalue weighted by Gasteiger charge is 2.37. The van der Waals surface area contributed by atoms with E-state index in [9.17, 15) is 9.59 Å². The number of rotatable bonds is 1. The fraction of sp³-hybridized carbons (Fsp3) is 0.235. The highest BCUT2D eigenvalue weighted by molar-refractivity contribution is 7.71. The summed E-state index contributed by atoms with van der Waals surface area (Å²) in [7, 11) is 0. The van der Waals surface area contributed by atoms with E-state index >= 15 is 0 Å². The molecule has 5 nitrogen and oxygen atoms in total. The first-order chi connectivity index (χ1) is 11.1. The second kappa shape index (κ2) is 5.31. The van der Waals surface area contributed by atoms with Gasteiger partial charge in [-0.15, -0.1) is 0 Å². The third-order valence-electron chi connectivity index (χ3n) is 4.42. The lowest BCUT2D eigenvalue weighted by Gasteiger charge is -2.32. The molecule has 1 aliphatic carbocycles. The number of carbonyl (C=O) groups is 1. The predicted molar refractivity (Wildman–Crippen MR) is 90.0 cm³/mol. The van der Waals surface area contributed by atoms with E-state index in [1.165, 1.54) is 0 Å². The Bertz CT molecular complexity index is 940. The van der Waals surface area contributed by atoms with E-state index < -0.39 is 0 Å². The minimum absolute atomic E-state index is 0.111. The molecule has 0 amide bonds. The molecule has 1 aromatic heterocycles. The zero-order valence-electron chi connectivity index (χ0n) is 12.3. The van der Waals surface area contributed by atoms with E-state index in [0.717, 1.165) is 24.1 Å². The number of aromatic nitrogens is 2. The first-order valence-electron chi connectivity index (χ1n) is 7.60. The van der Waals surface area contributed by atoms with Crippen molar-refractivity contribution in [2.24, 2.45) is 0 Å². The maximum atomic E-state index is 12.6. The van der Waals surface area contributed by atoms with Gasteiger partial charge in [0.25, 0.3) is 5.56 Å². The zero-order chi connectivity index (χ0) is 16.0. The number of ketones is 1. The molecule has 1 aliphatic heterocycles. The van der Waals surface area contributed by atoms with Crippen molar-refractivity contribution in [1.82, 2.24) is 9.97 Å². The molecular formula is C17H15N3O2S. The highest BCUT2D eigenvalue weighted by Crippen LogP contribution is 2.42. The van der Waals surface area contributed by atoms with Crippen molar-refractivity contribution < 1.29 is 4.79 Å². The number of benzene rings is 1. The predicted octanol–water partition coefficient (Wildman–Crippen LogP) is 3.00. The van der Waals surface area contributed by atoms with Gasteiger partial charge in [0.05, 0.1) is 5.56 Å². The van der Waals surface area contributed by atoms with Crippen LogP contribution in [0.4, 0.5) is 5.82 Å². The minimum atomic E-state index is -0.356. The lowest BCUT2D eigenvalue weighted by atomic mass is 9.76. The van der Waals surface area contributed by atoms with Gasteiger partial charge in [0, 0.05) is 23.6 Å². The summed E-state index contributed by atoms with van der Waals surface area (Å²) in [6, 6.07) is 9.67. The van der Waals surface area contributed by atoms with Crippen molar-refractivity contribution >= 4 is 23.8 Å². The number of fused-ring (bicyclic) bond motifs is 1. The van der Waals surface area contributed by atoms with Gasteiger partial charge in [-0.3, -0.25) is 14.6 Å². The van der Waals surface area contributed by atoms with Crippen LogP contribution in [0.5, 0.6) is 0 Å². The number of allylic oxidation sites excluding steroid dienone is 2. The van der Waals surface area contributed by atoms with Crippen LogP contribution in [0, 0.1) is 4.77 Å². The SMILES string of the molecule is O=C1CCCC2=C1C(c1ccccc1)c1c([nH]c(=S)[nH]c1=O)N2. The second-order valence-electron chi connectivity index (χ2n) is 5.83. The quantitative estimate of drug-likeness (QED) is 0.704. The topological polar surface area (TPSA) is 77.8 Å². The summed E-state index contributed by atoms with van der Waals surface area (Å²) in [6.07, 6.45) is 2.16. The number of aromatic amines is 2. The van der Waals surface area contributed by atoms with Gasteiger partial charge in [0.2, 0.25) is 0 Å². The first-order valence-corrected chi connectivity index (χ1v) is 8.00. The van der Waals surface area contributed by atoms with Crippen LogP contribution in [-0.2, 0) is 4.79 Å². The molecule has 0 saturated heterocycles. The third-order valence-corrected chi connectivity index (χ3v) is 4.63. The summed E-state index contributed by atoms with van der Waals surface area (Å²) in [5.74, 6) is 0.354. The van der Waals surface area contributed by atoms with Crippen LogP contribution in [-0.4, -0.2) is 15.8 Å². The van der Waals surface area contributed by atoms with Crippen molar-refractivity contribution in [3.8, 4) is 0 Å². The van der Waals surface area contributed by atoms with E-state index in [0.29, 0.717) is 23.4 Å². The van der Waals surface area contributed by atoms with Gasteiger partial charge in [-0.1, -0.05) is 30.3 Å². The van der Waals surface area contributed by atoms with Crippen LogP contribution in [0.1, 0.15) is 36.3 Å². The summed E-state index contributed by atoms with van der Waals surface area (Å²) < 4.78 is 0.277. The molecule has 6 heteroatoms. The average Bonchev–Trinajstić information content (AvgIpc) is 2.54. The molecule has 1 aromatic carbocycles. The molecule has 1 unspecified atom stereocenters. The van der Waals surface area contributed by atoms with Gasteiger partial charge in [0.1, 0.15) is 5.82 Å². The zero-order valence-corrected chi connectivity index (χ0v) is 13.1. The number of nitrogens with one attached hydrogen (secondary N) is 3.